The van der Waals surface area contributed by atoms with E-state index in [1.54, 1.807) is 32.1 Å². The Hall–Kier alpha value is -0.870. The predicted molar refractivity (Wildman–Crippen MR) is 107 cm³/mol. The molecule has 0 bridgehead atoms. The van der Waals surface area contributed by atoms with Crippen LogP contribution in [-0.4, -0.2) is 76.1 Å². The van der Waals surface area contributed by atoms with Gasteiger partial charge in [0.1, 0.15) is 0 Å². The summed E-state index contributed by atoms with van der Waals surface area (Å²) in [6.07, 6.45) is 2.02. The van der Waals surface area contributed by atoms with Gasteiger partial charge in [0.15, 0.2) is 15.8 Å². The first-order chi connectivity index (χ1) is 11.9. The monoisotopic (exact) mass is 410 g/mol. The van der Waals surface area contributed by atoms with Crippen LogP contribution < -0.4 is 10.6 Å². The minimum absolute atomic E-state index is 0.0326. The lowest BCUT2D eigenvalue weighted by Gasteiger charge is -2.32. The Morgan fingerprint density at radius 1 is 1.12 bits per heavy atom. The van der Waals surface area contributed by atoms with Crippen LogP contribution in [0.5, 0.6) is 0 Å². The summed E-state index contributed by atoms with van der Waals surface area (Å²) in [6.45, 7) is 8.20. The second kappa shape index (κ2) is 9.36. The average Bonchev–Trinajstić information content (AvgIpc) is 2.53. The van der Waals surface area contributed by atoms with Gasteiger partial charge in [0.25, 0.3) is 0 Å². The van der Waals surface area contributed by atoms with Gasteiger partial charge in [-0.1, -0.05) is 6.92 Å². The standard InChI is InChI=1S/C16H34N4O4S2/c1-6-12-26(23,24)20-10-7-14(8-11-20)19-15(17-5)18-9-13-25(21,22)16(2,3)4/h14H,6-13H2,1-5H3,(H2,17,18,19). The van der Waals surface area contributed by atoms with Gasteiger partial charge in [-0.25, -0.2) is 21.1 Å². The van der Waals surface area contributed by atoms with Crippen LogP contribution in [0.25, 0.3) is 0 Å². The van der Waals surface area contributed by atoms with Gasteiger partial charge in [0.05, 0.1) is 16.3 Å². The molecule has 0 saturated carbocycles. The third-order valence-corrected chi connectivity index (χ3v) is 9.15. The van der Waals surface area contributed by atoms with E-state index in [-0.39, 0.29) is 24.1 Å². The largest absolute Gasteiger partial charge is 0.355 e. The third-order valence-electron chi connectivity index (χ3n) is 4.47. The van der Waals surface area contributed by atoms with Crippen molar-refractivity contribution in [1.82, 2.24) is 14.9 Å². The zero-order chi connectivity index (χ0) is 20.0. The Bertz CT molecular complexity index is 674. The van der Waals surface area contributed by atoms with Crippen LogP contribution in [0.3, 0.4) is 0 Å². The van der Waals surface area contributed by atoms with Crippen molar-refractivity contribution in [3.8, 4) is 0 Å². The highest BCUT2D eigenvalue weighted by atomic mass is 32.2. The topological polar surface area (TPSA) is 108 Å². The van der Waals surface area contributed by atoms with E-state index < -0.39 is 24.6 Å². The van der Waals surface area contributed by atoms with Crippen molar-refractivity contribution < 1.29 is 16.8 Å². The van der Waals surface area contributed by atoms with E-state index in [2.05, 4.69) is 15.6 Å². The first-order valence-corrected chi connectivity index (χ1v) is 12.4. The van der Waals surface area contributed by atoms with Crippen LogP contribution in [-0.2, 0) is 19.9 Å². The Morgan fingerprint density at radius 2 is 1.69 bits per heavy atom. The number of piperidine rings is 1. The fraction of sp³-hybridized carbons (Fsp3) is 0.938. The van der Waals surface area contributed by atoms with E-state index in [1.807, 2.05) is 6.92 Å². The smallest absolute Gasteiger partial charge is 0.214 e. The van der Waals surface area contributed by atoms with Crippen molar-refractivity contribution in [2.45, 2.75) is 57.7 Å². The zero-order valence-electron chi connectivity index (χ0n) is 16.6. The summed E-state index contributed by atoms with van der Waals surface area (Å²) < 4.78 is 49.2. The molecule has 0 aromatic heterocycles. The van der Waals surface area contributed by atoms with E-state index in [9.17, 15) is 16.8 Å². The minimum Gasteiger partial charge on any atom is -0.355 e. The molecule has 1 fully saturated rings. The quantitative estimate of drug-likeness (QED) is 0.469. The summed E-state index contributed by atoms with van der Waals surface area (Å²) in [5.74, 6) is 0.769. The fourth-order valence-corrected chi connectivity index (χ4v) is 5.19. The first kappa shape index (κ1) is 23.2. The number of rotatable bonds is 7. The van der Waals surface area contributed by atoms with Crippen LogP contribution in [0.2, 0.25) is 0 Å². The van der Waals surface area contributed by atoms with Crippen LogP contribution in [0.4, 0.5) is 0 Å². The molecule has 0 aromatic carbocycles. The summed E-state index contributed by atoms with van der Waals surface area (Å²) >= 11 is 0. The molecule has 1 aliphatic heterocycles. The molecule has 2 N–H and O–H groups in total. The molecule has 8 nitrogen and oxygen atoms in total. The molecule has 1 aliphatic rings. The molecular weight excluding hydrogens is 376 g/mol. The van der Waals surface area contributed by atoms with E-state index in [0.29, 0.717) is 38.3 Å². The van der Waals surface area contributed by atoms with E-state index >= 15 is 0 Å². The Labute approximate surface area is 158 Å². The average molecular weight is 411 g/mol. The molecule has 0 unspecified atom stereocenters. The van der Waals surface area contributed by atoms with Crippen LogP contribution >= 0.6 is 0 Å². The van der Waals surface area contributed by atoms with Crippen LogP contribution in [0.15, 0.2) is 4.99 Å². The SMILES string of the molecule is CCCS(=O)(=O)N1CCC(NC(=NC)NCCS(=O)(=O)C(C)(C)C)CC1. The first-order valence-electron chi connectivity index (χ1n) is 9.10. The maximum Gasteiger partial charge on any atom is 0.214 e. The van der Waals surface area contributed by atoms with Gasteiger partial charge in [-0.2, -0.15) is 0 Å². The van der Waals surface area contributed by atoms with Gasteiger partial charge in [-0.05, 0) is 40.0 Å². The number of nitrogens with one attached hydrogen (secondary N) is 2. The highest BCUT2D eigenvalue weighted by Crippen LogP contribution is 2.16. The lowest BCUT2D eigenvalue weighted by molar-refractivity contribution is 0.306. The Kier molecular flexibility index (Phi) is 8.34. The Morgan fingerprint density at radius 3 is 2.15 bits per heavy atom. The molecule has 0 amide bonds. The molecule has 0 aromatic rings. The van der Waals surface area contributed by atoms with Gasteiger partial charge in [0.2, 0.25) is 10.0 Å². The van der Waals surface area contributed by atoms with Crippen molar-refractivity contribution in [3.05, 3.63) is 0 Å². The maximum absolute atomic E-state index is 12.1. The maximum atomic E-state index is 12.1. The van der Waals surface area contributed by atoms with E-state index in [0.717, 1.165) is 0 Å². The van der Waals surface area contributed by atoms with E-state index in [4.69, 9.17) is 0 Å². The second-order valence-electron chi connectivity index (χ2n) is 7.56. The van der Waals surface area contributed by atoms with Gasteiger partial charge in [0, 0.05) is 32.7 Å². The van der Waals surface area contributed by atoms with E-state index in [1.165, 1.54) is 0 Å². The molecule has 1 saturated heterocycles. The second-order valence-corrected chi connectivity index (χ2v) is 12.5. The highest BCUT2D eigenvalue weighted by Gasteiger charge is 2.29. The number of nitrogens with zero attached hydrogens (tertiary/aromatic N) is 2. The summed E-state index contributed by atoms with van der Waals surface area (Å²) in [6, 6.07) is 0.119. The predicted octanol–water partition coefficient (Wildman–Crippen LogP) is 0.569. The molecular formula is C16H34N4O4S2. The van der Waals surface area contributed by atoms with Crippen molar-refractivity contribution in [1.29, 1.82) is 0 Å². The van der Waals surface area contributed by atoms with Crippen molar-refractivity contribution >= 4 is 25.8 Å². The molecule has 0 spiro atoms. The summed E-state index contributed by atoms with van der Waals surface area (Å²) in [7, 11) is -4.69. The molecule has 1 heterocycles. The van der Waals surface area contributed by atoms with Crippen LogP contribution in [0, 0.1) is 0 Å². The zero-order valence-corrected chi connectivity index (χ0v) is 18.2. The third kappa shape index (κ3) is 6.70. The molecule has 1 rings (SSSR count). The fourth-order valence-electron chi connectivity index (χ4n) is 2.66. The number of hydrogen-bond donors (Lipinski definition) is 2. The Balaban J connectivity index is 2.47. The number of sulfonamides is 1. The molecule has 154 valence electrons. The number of sulfone groups is 1. The summed E-state index contributed by atoms with van der Waals surface area (Å²) in [4.78, 5) is 4.13. The molecule has 0 radical (unpaired) electrons. The normalized spacial score (nSPS) is 18.7. The molecule has 0 atom stereocenters. The number of aliphatic imine (C=N–C) groups is 1. The minimum atomic E-state index is -3.18. The van der Waals surface area contributed by atoms with Crippen molar-refractivity contribution in [2.75, 3.05) is 38.2 Å². The van der Waals surface area contributed by atoms with Crippen molar-refractivity contribution in [3.63, 3.8) is 0 Å². The molecule has 10 heteroatoms. The van der Waals surface area contributed by atoms with Crippen molar-refractivity contribution in [2.24, 2.45) is 4.99 Å². The lowest BCUT2D eigenvalue weighted by atomic mass is 10.1. The van der Waals surface area contributed by atoms with Gasteiger partial charge in [-0.15, -0.1) is 0 Å². The van der Waals surface area contributed by atoms with Gasteiger partial charge in [-0.3, -0.25) is 4.99 Å². The van der Waals surface area contributed by atoms with Crippen LogP contribution in [0.1, 0.15) is 47.0 Å². The molecule has 26 heavy (non-hydrogen) atoms. The summed E-state index contributed by atoms with van der Waals surface area (Å²) in [5.41, 5.74) is 0. The number of guanidine groups is 1. The van der Waals surface area contributed by atoms with Gasteiger partial charge < -0.3 is 10.6 Å². The van der Waals surface area contributed by atoms with Gasteiger partial charge >= 0.3 is 0 Å². The highest BCUT2D eigenvalue weighted by molar-refractivity contribution is 7.92. The molecule has 0 aliphatic carbocycles. The lowest BCUT2D eigenvalue weighted by Crippen LogP contribution is -2.50. The number of hydrogen-bond acceptors (Lipinski definition) is 5. The summed E-state index contributed by atoms with van der Waals surface area (Å²) in [5, 5.41) is 6.29.